The van der Waals surface area contributed by atoms with E-state index in [1.807, 2.05) is 13.8 Å². The fourth-order valence-corrected chi connectivity index (χ4v) is 3.87. The van der Waals surface area contributed by atoms with Crippen LogP contribution >= 0.6 is 0 Å². The van der Waals surface area contributed by atoms with E-state index in [1.54, 1.807) is 53.6 Å². The summed E-state index contributed by atoms with van der Waals surface area (Å²) in [6.45, 7) is 4.31. The first-order valence-electron chi connectivity index (χ1n) is 11.6. The van der Waals surface area contributed by atoms with E-state index in [1.165, 1.54) is 0 Å². The van der Waals surface area contributed by atoms with Gasteiger partial charge in [0, 0.05) is 55.1 Å². The van der Waals surface area contributed by atoms with Gasteiger partial charge in [-0.3, -0.25) is 14.6 Å². The van der Waals surface area contributed by atoms with Gasteiger partial charge in [0.05, 0.1) is 19.2 Å². The van der Waals surface area contributed by atoms with E-state index in [-0.39, 0.29) is 36.3 Å². The lowest BCUT2D eigenvalue weighted by Gasteiger charge is -2.37. The molecule has 4 rings (SSSR count). The summed E-state index contributed by atoms with van der Waals surface area (Å²) in [5, 5.41) is 9.80. The summed E-state index contributed by atoms with van der Waals surface area (Å²) < 4.78 is 6.26. The largest absolute Gasteiger partial charge is 0.472 e. The summed E-state index contributed by atoms with van der Waals surface area (Å²) in [7, 11) is 1.72. The van der Waals surface area contributed by atoms with Gasteiger partial charge in [-0.05, 0) is 38.0 Å². The van der Waals surface area contributed by atoms with Crippen LogP contribution in [0.1, 0.15) is 53.0 Å². The lowest BCUT2D eigenvalue weighted by Crippen LogP contribution is -2.50. The minimum Gasteiger partial charge on any atom is -0.472 e. The molecule has 1 aliphatic heterocycles. The topological polar surface area (TPSA) is 95.9 Å². The molecule has 0 bridgehead atoms. The number of rotatable bonds is 5. The third-order valence-electron chi connectivity index (χ3n) is 6.25. The highest BCUT2D eigenvalue weighted by molar-refractivity contribution is 5.97. The minimum atomic E-state index is -0.410. The first-order valence-corrected chi connectivity index (χ1v) is 11.6. The lowest BCUT2D eigenvalue weighted by molar-refractivity contribution is 0.0313. The molecule has 8 heteroatoms. The molecule has 2 aromatic heterocycles. The van der Waals surface area contributed by atoms with Gasteiger partial charge >= 0.3 is 0 Å². The van der Waals surface area contributed by atoms with Gasteiger partial charge in [0.25, 0.3) is 11.8 Å². The van der Waals surface area contributed by atoms with Crippen LogP contribution in [-0.2, 0) is 0 Å². The molecule has 1 fully saturated rings. The molecular formula is C26H30N4O4. The van der Waals surface area contributed by atoms with Crippen molar-refractivity contribution in [2.24, 2.45) is 11.8 Å². The van der Waals surface area contributed by atoms with Crippen molar-refractivity contribution >= 4 is 11.8 Å². The Morgan fingerprint density at radius 1 is 1.35 bits per heavy atom. The quantitative estimate of drug-likeness (QED) is 0.685. The summed E-state index contributed by atoms with van der Waals surface area (Å²) in [5.41, 5.74) is 1.52. The fourth-order valence-electron chi connectivity index (χ4n) is 3.87. The highest BCUT2D eigenvalue weighted by Crippen LogP contribution is 2.29. The van der Waals surface area contributed by atoms with Crippen LogP contribution in [-0.4, -0.2) is 75.6 Å². The summed E-state index contributed by atoms with van der Waals surface area (Å²) in [4.78, 5) is 38.0. The van der Waals surface area contributed by atoms with Crippen molar-refractivity contribution in [1.29, 1.82) is 0 Å². The summed E-state index contributed by atoms with van der Waals surface area (Å²) in [6.07, 6.45) is 6.60. The first kappa shape index (κ1) is 23.7. The van der Waals surface area contributed by atoms with Crippen molar-refractivity contribution in [3.63, 3.8) is 0 Å². The molecule has 0 spiro atoms. The highest BCUT2D eigenvalue weighted by atomic mass is 16.5. The predicted molar refractivity (Wildman–Crippen MR) is 126 cm³/mol. The molecule has 0 aromatic carbocycles. The van der Waals surface area contributed by atoms with Crippen LogP contribution in [0.2, 0.25) is 0 Å². The molecule has 3 atom stereocenters. The van der Waals surface area contributed by atoms with Crippen LogP contribution in [0.25, 0.3) is 0 Å². The molecule has 3 heterocycles. The second kappa shape index (κ2) is 10.2. The number of aliphatic hydroxyl groups excluding tert-OH is 1. The Bertz CT molecular complexity index is 1110. The van der Waals surface area contributed by atoms with Gasteiger partial charge < -0.3 is 19.6 Å². The Morgan fingerprint density at radius 2 is 2.09 bits per heavy atom. The zero-order chi connectivity index (χ0) is 24.2. The highest BCUT2D eigenvalue weighted by Gasteiger charge is 2.34. The Hall–Kier alpha value is -3.44. The third-order valence-corrected chi connectivity index (χ3v) is 6.25. The van der Waals surface area contributed by atoms with Crippen LogP contribution in [0.4, 0.5) is 0 Å². The Morgan fingerprint density at radius 3 is 2.76 bits per heavy atom. The van der Waals surface area contributed by atoms with Gasteiger partial charge in [0.1, 0.15) is 11.7 Å². The van der Waals surface area contributed by atoms with Crippen molar-refractivity contribution < 1.29 is 19.4 Å². The lowest BCUT2D eigenvalue weighted by atomic mass is 9.99. The van der Waals surface area contributed by atoms with Crippen molar-refractivity contribution in [1.82, 2.24) is 19.8 Å². The molecular weight excluding hydrogens is 432 g/mol. The van der Waals surface area contributed by atoms with Crippen LogP contribution in [0.15, 0.2) is 36.8 Å². The average Bonchev–Trinajstić information content (AvgIpc) is 3.69. The molecule has 0 radical (unpaired) electrons. The Labute approximate surface area is 200 Å². The van der Waals surface area contributed by atoms with E-state index in [9.17, 15) is 14.7 Å². The van der Waals surface area contributed by atoms with Gasteiger partial charge in [0.15, 0.2) is 0 Å². The number of pyridine rings is 2. The van der Waals surface area contributed by atoms with Crippen molar-refractivity contribution in [2.75, 3.05) is 26.7 Å². The van der Waals surface area contributed by atoms with Crippen molar-refractivity contribution in [3.05, 3.63) is 53.5 Å². The molecule has 8 nitrogen and oxygen atoms in total. The van der Waals surface area contributed by atoms with E-state index in [0.29, 0.717) is 35.7 Å². The number of aliphatic hydroxyl groups is 1. The predicted octanol–water partition coefficient (Wildman–Crippen LogP) is 2.23. The summed E-state index contributed by atoms with van der Waals surface area (Å²) in [5.74, 6) is 6.45. The zero-order valence-electron chi connectivity index (χ0n) is 19.8. The molecule has 34 heavy (non-hydrogen) atoms. The third kappa shape index (κ3) is 5.37. The van der Waals surface area contributed by atoms with Gasteiger partial charge in [0.2, 0.25) is 5.88 Å². The Kier molecular flexibility index (Phi) is 7.13. The van der Waals surface area contributed by atoms with Gasteiger partial charge in [-0.1, -0.05) is 18.8 Å². The number of hydrogen-bond donors (Lipinski definition) is 1. The van der Waals surface area contributed by atoms with Crippen LogP contribution in [0.3, 0.4) is 0 Å². The number of fused-ring (bicyclic) bond motifs is 1. The smallest absolute Gasteiger partial charge is 0.259 e. The normalized spacial score (nSPS) is 20.7. The fraction of sp³-hybridized carbons (Fsp3) is 0.462. The molecule has 0 saturated heterocycles. The molecule has 2 aromatic rings. The number of carbonyl (C=O) groups excluding carboxylic acids is 2. The van der Waals surface area contributed by atoms with E-state index in [4.69, 9.17) is 4.74 Å². The van der Waals surface area contributed by atoms with Crippen molar-refractivity contribution in [3.8, 4) is 17.7 Å². The number of carbonyl (C=O) groups is 2. The number of nitrogens with zero attached hydrogens (tertiary/aromatic N) is 4. The summed E-state index contributed by atoms with van der Waals surface area (Å²) in [6, 6.07) is 4.69. The Balaban J connectivity index is 1.63. The monoisotopic (exact) mass is 462 g/mol. The van der Waals surface area contributed by atoms with E-state index >= 15 is 0 Å². The van der Waals surface area contributed by atoms with Gasteiger partial charge in [-0.15, -0.1) is 0 Å². The standard InChI is InChI=1S/C26H30N4O4/c1-17-14-30(18(2)16-31)26(33)22-12-20(7-6-19-4-5-19)13-28-24(22)34-23(17)15-29(3)25(32)21-8-10-27-11-9-21/h8-13,17-19,23,31H,4-5,14-16H2,1-3H3/t17-,18+,23+/m0/s1. The second-order valence-corrected chi connectivity index (χ2v) is 9.16. The first-order chi connectivity index (χ1) is 16.4. The van der Waals surface area contributed by atoms with Crippen LogP contribution < -0.4 is 4.74 Å². The maximum absolute atomic E-state index is 13.4. The molecule has 2 aliphatic rings. The minimum absolute atomic E-state index is 0.116. The zero-order valence-corrected chi connectivity index (χ0v) is 19.8. The molecule has 1 N–H and O–H groups in total. The molecule has 178 valence electrons. The number of likely N-dealkylation sites (N-methyl/N-ethyl adjacent to an activating group) is 1. The number of ether oxygens (including phenoxy) is 1. The van der Waals surface area contributed by atoms with Crippen molar-refractivity contribution in [2.45, 2.75) is 38.8 Å². The maximum Gasteiger partial charge on any atom is 0.259 e. The average molecular weight is 463 g/mol. The number of hydrogen-bond acceptors (Lipinski definition) is 6. The molecule has 1 aliphatic carbocycles. The second-order valence-electron chi connectivity index (χ2n) is 9.16. The van der Waals surface area contributed by atoms with E-state index in [2.05, 4.69) is 21.8 Å². The number of amides is 2. The van der Waals surface area contributed by atoms with Gasteiger partial charge in [-0.2, -0.15) is 0 Å². The number of aromatic nitrogens is 2. The summed E-state index contributed by atoms with van der Waals surface area (Å²) >= 11 is 0. The SMILES string of the molecule is C[C@H](CO)N1C[C@H](C)[C@@H](CN(C)C(=O)c2ccncc2)Oc2ncc(C#CC3CC3)cc2C1=O. The van der Waals surface area contributed by atoms with E-state index < -0.39 is 6.10 Å². The van der Waals surface area contributed by atoms with Crippen LogP contribution in [0.5, 0.6) is 5.88 Å². The molecule has 1 saturated carbocycles. The van der Waals surface area contributed by atoms with Crippen LogP contribution in [0, 0.1) is 23.7 Å². The maximum atomic E-state index is 13.4. The molecule has 2 amide bonds. The van der Waals surface area contributed by atoms with E-state index in [0.717, 1.165) is 12.8 Å². The molecule has 0 unspecified atom stereocenters. The van der Waals surface area contributed by atoms with Gasteiger partial charge in [-0.25, -0.2) is 4.98 Å².